The quantitative estimate of drug-likeness (QED) is 0.00947. The second kappa shape index (κ2) is 55.1. The Bertz CT molecular complexity index is 3720. The number of imidazole rings is 1. The van der Waals surface area contributed by atoms with Crippen LogP contribution in [0.3, 0.4) is 0 Å². The summed E-state index contributed by atoms with van der Waals surface area (Å²) in [5.74, 6) is -14.1. The van der Waals surface area contributed by atoms with Gasteiger partial charge in [-0.2, -0.15) is 12.6 Å². The van der Waals surface area contributed by atoms with Gasteiger partial charge in [0.15, 0.2) is 17.9 Å². The summed E-state index contributed by atoms with van der Waals surface area (Å²) < 4.78 is 0. The van der Waals surface area contributed by atoms with Gasteiger partial charge in [0.2, 0.25) is 82.7 Å². The smallest absolute Gasteiger partial charge is 0.326 e. The van der Waals surface area contributed by atoms with Crippen LogP contribution in [0.25, 0.3) is 0 Å². The molecule has 0 radical (unpaired) electrons. The third kappa shape index (κ3) is 38.3. The maximum absolute atomic E-state index is 14.4. The summed E-state index contributed by atoms with van der Waals surface area (Å²) in [4.78, 5) is 239. The van der Waals surface area contributed by atoms with Crippen LogP contribution in [0.5, 0.6) is 0 Å². The van der Waals surface area contributed by atoms with Crippen molar-refractivity contribution in [3.63, 3.8) is 0 Å². The Morgan fingerprint density at radius 3 is 1.41 bits per heavy atom. The van der Waals surface area contributed by atoms with Crippen molar-refractivity contribution in [3.05, 3.63) is 18.2 Å². The van der Waals surface area contributed by atoms with Crippen LogP contribution in [0.4, 0.5) is 0 Å². The number of aliphatic carboxylic acids is 2. The highest BCUT2D eigenvalue weighted by atomic mass is 32.1. The number of nitrogens with one attached hydrogen (secondary N) is 15. The molecule has 0 spiro atoms. The SMILES string of the molecule is C#CCC[C@H](NC(=O)[C@H](C)NC(=O)[C@H](CS)NC(=O)[C@H](CCCCN)NC(=O)[C@H](CCCN=C(N)N)NC(=O)[C@@H]1CCCN1C(=O)CNC(=O)[C@H](CCCN=C(N)N)NC(=O)[C@@H]1CCCN1)C(=O)N[C@@H](CCCCN)C(=O)N[C@H](C(=O)N[C@@H](CCCN=C(N)N)C(=O)N[C@@H](Cc1cnc[nH]1)C(=O)N[C@@H](C)C(=O)N[C@@H](CCC(=O)O)C(=O)O)[C@@H](C)O. The van der Waals surface area contributed by atoms with Crippen LogP contribution >= 0.6 is 12.6 Å². The lowest BCUT2D eigenvalue weighted by molar-refractivity contribution is -0.143. The summed E-state index contributed by atoms with van der Waals surface area (Å²) in [5.41, 5.74) is 45.0. The van der Waals surface area contributed by atoms with E-state index < -0.39 is 205 Å². The number of hydrogen-bond acceptors (Lipinski definition) is 25. The van der Waals surface area contributed by atoms with Crippen molar-refractivity contribution in [2.75, 3.05) is 58.1 Å². The Labute approximate surface area is 699 Å². The van der Waals surface area contributed by atoms with Crippen LogP contribution < -0.4 is 120 Å². The fraction of sp³-hybridized carbons (Fsp3) is 0.667. The maximum atomic E-state index is 14.4. The normalized spacial score (nSPS) is 16.7. The standard InChI is InChI=1S/C72H122N28O19S/c1-5-6-16-44(60(109)93-46(18-8-10-27-74)64(113)99-55(40(4)101)68(117)95-48(22-14-31-85-72(79)80)62(111)97-50(33-41-34-81-37-87-41)65(114)88-39(3)57(106)96-49(69(118)119)24-25-54(103)104)90-56(105)38(2)89-66(115)51(36-120)98-63(112)45(17-7-9-26-73)92-61(110)47(21-13-30-84-71(77)78)94-67(116)52-23-15-32-100(52)53(102)35-86-58(107)43(20-12-29-83-70(75)76)91-59(108)42-19-11-28-82-42/h1,34,37-40,42-52,55,82,101,120H,6-33,35-36,73-74H2,2-4H3,(H,81,87)(H,86,107)(H,88,114)(H,89,115)(H,90,105)(H,91,108)(H,92,110)(H,93,109)(H,94,116)(H,95,117)(H,96,106)(H,97,111)(H,98,112)(H,99,113)(H,103,104)(H,118,119)(H4,75,76,83)(H4,77,78,84)(H4,79,80,85)/t38-,39-,40+,42-,43-,44-,45-,46-,47-,48-,49-,50-,51-,52-,55-/m0/s1. The number of unbranched alkanes of at least 4 members (excludes halogenated alkanes) is 2. The first-order valence-corrected chi connectivity index (χ1v) is 40.2. The highest BCUT2D eigenvalue weighted by Crippen LogP contribution is 2.19. The highest BCUT2D eigenvalue weighted by molar-refractivity contribution is 7.80. The predicted molar refractivity (Wildman–Crippen MR) is 439 cm³/mol. The predicted octanol–water partition coefficient (Wildman–Crippen LogP) is -10.2. The number of likely N-dealkylation sites (tertiary alicyclic amines) is 1. The number of guanidine groups is 3. The van der Waals surface area contributed by atoms with Gasteiger partial charge in [-0.1, -0.05) is 0 Å². The van der Waals surface area contributed by atoms with Crippen LogP contribution in [0, 0.1) is 12.3 Å². The lowest BCUT2D eigenvalue weighted by atomic mass is 10.0. The van der Waals surface area contributed by atoms with Crippen molar-refractivity contribution in [1.82, 2.24) is 89.3 Å². The molecule has 0 saturated carbocycles. The third-order valence-electron chi connectivity index (χ3n) is 19.0. The van der Waals surface area contributed by atoms with Gasteiger partial charge in [-0.15, -0.1) is 12.3 Å². The number of nitrogens with two attached hydrogens (primary N) is 8. The Morgan fingerprint density at radius 2 is 0.958 bits per heavy atom. The number of aromatic amines is 1. The molecule has 14 amide bonds. The number of amides is 14. The zero-order valence-electron chi connectivity index (χ0n) is 67.8. The second-order valence-electron chi connectivity index (χ2n) is 28.7. The van der Waals surface area contributed by atoms with E-state index in [9.17, 15) is 86.9 Å². The lowest BCUT2D eigenvalue weighted by Gasteiger charge is -2.29. The number of H-pyrrole nitrogens is 1. The number of thiol groups is 1. The summed E-state index contributed by atoms with van der Waals surface area (Å²) in [6, 6.07) is -19.7. The number of carbonyl (C=O) groups is 16. The van der Waals surface area contributed by atoms with E-state index in [1.807, 2.05) is 0 Å². The van der Waals surface area contributed by atoms with Crippen molar-refractivity contribution < 1.29 is 92.0 Å². The number of carboxylic acids is 2. The van der Waals surface area contributed by atoms with Crippen LogP contribution in [0.15, 0.2) is 27.5 Å². The minimum absolute atomic E-state index is 0.00421. The number of carbonyl (C=O) groups excluding carboxylic acids is 14. The summed E-state index contributed by atoms with van der Waals surface area (Å²) in [7, 11) is 0. The number of aliphatic hydroxyl groups is 1. The van der Waals surface area contributed by atoms with Crippen molar-refractivity contribution in [1.29, 1.82) is 0 Å². The number of aromatic nitrogens is 2. The average molecular weight is 1720 g/mol. The van der Waals surface area contributed by atoms with E-state index in [0.29, 0.717) is 38.6 Å². The van der Waals surface area contributed by atoms with Crippen LogP contribution in [-0.2, 0) is 83.1 Å². The highest BCUT2D eigenvalue weighted by Gasteiger charge is 2.40. The summed E-state index contributed by atoms with van der Waals surface area (Å²) >= 11 is 4.30. The molecule has 2 aliphatic heterocycles. The molecule has 0 aromatic carbocycles. The van der Waals surface area contributed by atoms with Gasteiger partial charge >= 0.3 is 11.9 Å². The van der Waals surface area contributed by atoms with E-state index in [1.54, 1.807) is 0 Å². The summed E-state index contributed by atoms with van der Waals surface area (Å²) in [6.07, 6.45) is 7.63. The van der Waals surface area contributed by atoms with Gasteiger partial charge in [0.25, 0.3) is 0 Å². The molecule has 2 fully saturated rings. The number of hydrogen-bond donors (Lipinski definition) is 27. The molecule has 1 aromatic rings. The molecule has 2 aliphatic rings. The molecule has 2 saturated heterocycles. The minimum atomic E-state index is -1.89. The Hall–Kier alpha value is -11.7. The van der Waals surface area contributed by atoms with E-state index >= 15 is 0 Å². The molecule has 3 rings (SSSR count). The fourth-order valence-electron chi connectivity index (χ4n) is 12.4. The van der Waals surface area contributed by atoms with Crippen molar-refractivity contribution in [3.8, 4) is 12.3 Å². The maximum Gasteiger partial charge on any atom is 0.326 e. The van der Waals surface area contributed by atoms with E-state index in [2.05, 4.69) is 118 Å². The molecule has 670 valence electrons. The molecule has 34 N–H and O–H groups in total. The van der Waals surface area contributed by atoms with Crippen molar-refractivity contribution >= 4 is 125 Å². The largest absolute Gasteiger partial charge is 0.481 e. The van der Waals surface area contributed by atoms with Gasteiger partial charge in [0, 0.05) is 63.1 Å². The lowest BCUT2D eigenvalue weighted by Crippen LogP contribution is -2.62. The molecule has 0 unspecified atom stereocenters. The molecule has 120 heavy (non-hydrogen) atoms. The first kappa shape index (κ1) is 102. The molecular weight excluding hydrogens is 1590 g/mol. The monoisotopic (exact) mass is 1710 g/mol. The number of terminal acetylenes is 1. The van der Waals surface area contributed by atoms with E-state index in [4.69, 9.17) is 57.4 Å². The first-order chi connectivity index (χ1) is 56.9. The molecule has 48 heteroatoms. The van der Waals surface area contributed by atoms with Crippen LogP contribution in [-0.4, -0.2) is 292 Å². The van der Waals surface area contributed by atoms with E-state index in [0.717, 1.165) is 13.3 Å². The number of rotatable bonds is 57. The Balaban J connectivity index is 1.82. The molecule has 15 atom stereocenters. The Kier molecular flexibility index (Phi) is 47.1. The molecule has 0 bridgehead atoms. The molecule has 1 aromatic heterocycles. The van der Waals surface area contributed by atoms with Crippen LogP contribution in [0.2, 0.25) is 0 Å². The number of nitrogens with zero attached hydrogens (tertiary/aromatic N) is 5. The summed E-state index contributed by atoms with van der Waals surface area (Å²) in [5, 5.41) is 65.5. The van der Waals surface area contributed by atoms with Gasteiger partial charge in [0.1, 0.15) is 78.5 Å². The second-order valence-corrected chi connectivity index (χ2v) is 29.1. The zero-order valence-corrected chi connectivity index (χ0v) is 68.7. The van der Waals surface area contributed by atoms with Gasteiger partial charge < -0.3 is 146 Å². The average Bonchev–Trinajstić information content (AvgIpc) is 1.70. The molecule has 3 heterocycles. The summed E-state index contributed by atoms with van der Waals surface area (Å²) in [6.45, 7) is 4.12. The number of aliphatic imine (C=N–C) groups is 3. The van der Waals surface area contributed by atoms with E-state index in [1.165, 1.54) is 31.3 Å². The van der Waals surface area contributed by atoms with Gasteiger partial charge in [-0.05, 0) is 156 Å². The number of aliphatic hydroxyl groups excluding tert-OH is 1. The molecular formula is C72H122N28O19S. The van der Waals surface area contributed by atoms with Crippen molar-refractivity contribution in [2.24, 2.45) is 60.8 Å². The molecule has 47 nitrogen and oxygen atoms in total. The van der Waals surface area contributed by atoms with Crippen molar-refractivity contribution in [2.45, 2.75) is 246 Å². The Morgan fingerprint density at radius 1 is 0.525 bits per heavy atom. The topological polar surface area (TPSA) is 779 Å². The van der Waals surface area contributed by atoms with E-state index in [-0.39, 0.29) is 152 Å². The van der Waals surface area contributed by atoms with Gasteiger partial charge in [-0.3, -0.25) is 86.9 Å². The first-order valence-electron chi connectivity index (χ1n) is 39.6. The van der Waals surface area contributed by atoms with Gasteiger partial charge in [0.05, 0.1) is 25.0 Å². The van der Waals surface area contributed by atoms with Crippen LogP contribution in [0.1, 0.15) is 155 Å². The number of carboxylic acid groups (broad SMARTS) is 2. The zero-order chi connectivity index (χ0) is 89.6. The van der Waals surface area contributed by atoms with Gasteiger partial charge in [-0.25, -0.2) is 9.78 Å². The fourth-order valence-corrected chi connectivity index (χ4v) is 12.7. The molecule has 0 aliphatic carbocycles. The minimum Gasteiger partial charge on any atom is -0.481 e. The third-order valence-corrected chi connectivity index (χ3v) is 19.4.